The zero-order valence-corrected chi connectivity index (χ0v) is 15.6. The standard InChI is InChI=1S/C18H27N5O3/c1-20-11-14(8-16(20)24)12-21(2)18(26)13-23-17(25)9-15(10-19-23)22-6-4-3-5-7-22/h9-10,14H,3-8,11-13H2,1-2H3/t14-/m1/s1. The molecule has 2 fully saturated rings. The molecule has 0 aliphatic carbocycles. The molecule has 2 aliphatic rings. The van der Waals surface area contributed by atoms with Crippen LogP contribution >= 0.6 is 0 Å². The molecule has 3 rings (SSSR count). The number of aromatic nitrogens is 2. The van der Waals surface area contributed by atoms with Crippen LogP contribution in [-0.4, -0.2) is 71.7 Å². The molecule has 0 unspecified atom stereocenters. The van der Waals surface area contributed by atoms with Gasteiger partial charge < -0.3 is 14.7 Å². The molecular formula is C18H27N5O3. The molecule has 26 heavy (non-hydrogen) atoms. The number of carbonyl (C=O) groups excluding carboxylic acids is 2. The molecular weight excluding hydrogens is 334 g/mol. The van der Waals surface area contributed by atoms with E-state index in [2.05, 4.69) is 10.00 Å². The predicted octanol–water partition coefficient (Wildman–Crippen LogP) is 0.170. The molecule has 2 saturated heterocycles. The third-order valence-corrected chi connectivity index (χ3v) is 5.24. The van der Waals surface area contributed by atoms with Crippen molar-refractivity contribution in [1.29, 1.82) is 0 Å². The lowest BCUT2D eigenvalue weighted by Crippen LogP contribution is -2.38. The van der Waals surface area contributed by atoms with Crippen molar-refractivity contribution in [3.05, 3.63) is 22.6 Å². The average molecular weight is 361 g/mol. The van der Waals surface area contributed by atoms with Crippen LogP contribution in [0.1, 0.15) is 25.7 Å². The van der Waals surface area contributed by atoms with Gasteiger partial charge in [0.15, 0.2) is 0 Å². The maximum atomic E-state index is 12.4. The summed E-state index contributed by atoms with van der Waals surface area (Å²) in [5.41, 5.74) is 0.574. The second-order valence-corrected chi connectivity index (χ2v) is 7.38. The Bertz CT molecular complexity index is 726. The molecule has 1 aromatic rings. The summed E-state index contributed by atoms with van der Waals surface area (Å²) < 4.78 is 1.21. The van der Waals surface area contributed by atoms with E-state index in [1.165, 1.54) is 11.1 Å². The van der Waals surface area contributed by atoms with Gasteiger partial charge in [-0.1, -0.05) is 0 Å². The largest absolute Gasteiger partial charge is 0.370 e. The molecule has 1 aromatic heterocycles. The summed E-state index contributed by atoms with van der Waals surface area (Å²) >= 11 is 0. The fourth-order valence-corrected chi connectivity index (χ4v) is 3.68. The molecule has 0 aromatic carbocycles. The van der Waals surface area contributed by atoms with Crippen molar-refractivity contribution in [3.63, 3.8) is 0 Å². The van der Waals surface area contributed by atoms with Crippen molar-refractivity contribution in [2.45, 2.75) is 32.2 Å². The van der Waals surface area contributed by atoms with Crippen LogP contribution in [0.4, 0.5) is 5.69 Å². The second-order valence-electron chi connectivity index (χ2n) is 7.38. The van der Waals surface area contributed by atoms with Crippen LogP contribution in [0.5, 0.6) is 0 Å². The lowest BCUT2D eigenvalue weighted by Gasteiger charge is -2.28. The van der Waals surface area contributed by atoms with E-state index in [4.69, 9.17) is 0 Å². The Morgan fingerprint density at radius 1 is 1.27 bits per heavy atom. The SMILES string of the molecule is CN1C[C@H](CN(C)C(=O)Cn2ncc(N3CCCCC3)cc2=O)CC1=O. The third kappa shape index (κ3) is 4.23. The minimum atomic E-state index is -0.259. The Kier molecular flexibility index (Phi) is 5.58. The number of hydrogen-bond donors (Lipinski definition) is 0. The summed E-state index contributed by atoms with van der Waals surface area (Å²) in [5.74, 6) is 0.0852. The van der Waals surface area contributed by atoms with Crippen molar-refractivity contribution in [3.8, 4) is 0 Å². The predicted molar refractivity (Wildman–Crippen MR) is 97.9 cm³/mol. The number of rotatable bonds is 5. The molecule has 1 atom stereocenters. The highest BCUT2D eigenvalue weighted by Crippen LogP contribution is 2.18. The number of likely N-dealkylation sites (N-methyl/N-ethyl adjacent to an activating group) is 1. The fourth-order valence-electron chi connectivity index (χ4n) is 3.68. The number of likely N-dealkylation sites (tertiary alicyclic amines) is 1. The lowest BCUT2D eigenvalue weighted by atomic mass is 10.1. The summed E-state index contributed by atoms with van der Waals surface area (Å²) in [5, 5.41) is 4.18. The number of hydrogen-bond acceptors (Lipinski definition) is 5. The van der Waals surface area contributed by atoms with Gasteiger partial charge in [0.25, 0.3) is 5.56 Å². The molecule has 2 aliphatic heterocycles. The van der Waals surface area contributed by atoms with Gasteiger partial charge in [-0.3, -0.25) is 14.4 Å². The molecule has 0 saturated carbocycles. The van der Waals surface area contributed by atoms with Crippen molar-refractivity contribution in [2.24, 2.45) is 5.92 Å². The molecule has 0 N–H and O–H groups in total. The quantitative estimate of drug-likeness (QED) is 0.747. The molecule has 8 heteroatoms. The van der Waals surface area contributed by atoms with E-state index >= 15 is 0 Å². The second kappa shape index (κ2) is 7.88. The van der Waals surface area contributed by atoms with E-state index in [1.54, 1.807) is 36.2 Å². The third-order valence-electron chi connectivity index (χ3n) is 5.24. The zero-order chi connectivity index (χ0) is 18.7. The number of amides is 2. The topological polar surface area (TPSA) is 78.8 Å². The lowest BCUT2D eigenvalue weighted by molar-refractivity contribution is -0.131. The number of piperidine rings is 1. The number of anilines is 1. The molecule has 0 bridgehead atoms. The van der Waals surface area contributed by atoms with Gasteiger partial charge in [-0.05, 0) is 19.3 Å². The first-order valence-electron chi connectivity index (χ1n) is 9.24. The van der Waals surface area contributed by atoms with Gasteiger partial charge in [-0.25, -0.2) is 4.68 Å². The molecule has 142 valence electrons. The average Bonchev–Trinajstić information content (AvgIpc) is 2.94. The Morgan fingerprint density at radius 3 is 2.62 bits per heavy atom. The van der Waals surface area contributed by atoms with Gasteiger partial charge in [0.05, 0.1) is 11.9 Å². The maximum Gasteiger partial charge on any atom is 0.269 e. The van der Waals surface area contributed by atoms with Crippen LogP contribution < -0.4 is 10.5 Å². The molecule has 3 heterocycles. The van der Waals surface area contributed by atoms with Crippen LogP contribution in [0.25, 0.3) is 0 Å². The monoisotopic (exact) mass is 361 g/mol. The molecule has 0 spiro atoms. The highest BCUT2D eigenvalue weighted by Gasteiger charge is 2.28. The summed E-state index contributed by atoms with van der Waals surface area (Å²) in [6, 6.07) is 1.57. The normalized spacial score (nSPS) is 20.5. The summed E-state index contributed by atoms with van der Waals surface area (Å²) in [6.07, 6.45) is 5.63. The van der Waals surface area contributed by atoms with Gasteiger partial charge in [0.1, 0.15) is 6.54 Å². The highest BCUT2D eigenvalue weighted by atomic mass is 16.2. The van der Waals surface area contributed by atoms with Gasteiger partial charge >= 0.3 is 0 Å². The highest BCUT2D eigenvalue weighted by molar-refractivity contribution is 5.79. The van der Waals surface area contributed by atoms with E-state index in [-0.39, 0.29) is 29.8 Å². The molecule has 8 nitrogen and oxygen atoms in total. The van der Waals surface area contributed by atoms with Crippen LogP contribution in [-0.2, 0) is 16.1 Å². The zero-order valence-electron chi connectivity index (χ0n) is 15.6. The Labute approximate surface area is 153 Å². The van der Waals surface area contributed by atoms with E-state index < -0.39 is 0 Å². The van der Waals surface area contributed by atoms with E-state index in [1.807, 2.05) is 0 Å². The number of carbonyl (C=O) groups is 2. The van der Waals surface area contributed by atoms with Crippen LogP contribution in [0.15, 0.2) is 17.1 Å². The van der Waals surface area contributed by atoms with Crippen LogP contribution in [0.2, 0.25) is 0 Å². The Morgan fingerprint density at radius 2 is 2.00 bits per heavy atom. The van der Waals surface area contributed by atoms with Gasteiger partial charge in [-0.15, -0.1) is 0 Å². The van der Waals surface area contributed by atoms with Gasteiger partial charge in [0, 0.05) is 58.7 Å². The van der Waals surface area contributed by atoms with E-state index in [0.29, 0.717) is 19.5 Å². The van der Waals surface area contributed by atoms with E-state index in [9.17, 15) is 14.4 Å². The van der Waals surface area contributed by atoms with Crippen molar-refractivity contribution in [2.75, 3.05) is 45.2 Å². The molecule has 2 amide bonds. The van der Waals surface area contributed by atoms with Crippen LogP contribution in [0, 0.1) is 5.92 Å². The van der Waals surface area contributed by atoms with Gasteiger partial charge in [0.2, 0.25) is 11.8 Å². The first kappa shape index (κ1) is 18.4. The minimum absolute atomic E-state index is 0.0773. The Balaban J connectivity index is 1.58. The first-order valence-corrected chi connectivity index (χ1v) is 9.24. The van der Waals surface area contributed by atoms with E-state index in [0.717, 1.165) is 31.6 Å². The number of nitrogens with zero attached hydrogens (tertiary/aromatic N) is 5. The smallest absolute Gasteiger partial charge is 0.269 e. The fraction of sp³-hybridized carbons (Fsp3) is 0.667. The first-order chi connectivity index (χ1) is 12.4. The molecule has 0 radical (unpaired) electrons. The Hall–Kier alpha value is -2.38. The van der Waals surface area contributed by atoms with Crippen molar-refractivity contribution < 1.29 is 9.59 Å². The summed E-state index contributed by atoms with van der Waals surface area (Å²) in [4.78, 5) is 41.8. The van der Waals surface area contributed by atoms with Gasteiger partial charge in [-0.2, -0.15) is 5.10 Å². The van der Waals surface area contributed by atoms with Crippen molar-refractivity contribution >= 4 is 17.5 Å². The summed E-state index contributed by atoms with van der Waals surface area (Å²) in [7, 11) is 3.48. The summed E-state index contributed by atoms with van der Waals surface area (Å²) in [6.45, 7) is 2.99. The van der Waals surface area contributed by atoms with Crippen LogP contribution in [0.3, 0.4) is 0 Å². The minimum Gasteiger partial charge on any atom is -0.370 e. The van der Waals surface area contributed by atoms with Crippen molar-refractivity contribution in [1.82, 2.24) is 19.6 Å². The maximum absolute atomic E-state index is 12.4.